The van der Waals surface area contributed by atoms with Gasteiger partial charge in [-0.1, -0.05) is 0 Å². The number of nitriles is 1. The van der Waals surface area contributed by atoms with E-state index < -0.39 is 0 Å². The van der Waals surface area contributed by atoms with Crippen molar-refractivity contribution in [2.75, 3.05) is 0 Å². The van der Waals surface area contributed by atoms with Crippen LogP contribution in [0.4, 0.5) is 0 Å². The third-order valence-electron chi connectivity index (χ3n) is 1.49. The van der Waals surface area contributed by atoms with Gasteiger partial charge in [0.15, 0.2) is 5.58 Å². The second-order valence-corrected chi connectivity index (χ2v) is 2.58. The Morgan fingerprint density at radius 2 is 2.33 bits per heavy atom. The minimum atomic E-state index is 0.0973. The summed E-state index contributed by atoms with van der Waals surface area (Å²) in [6, 6.07) is 6.97. The lowest BCUT2D eigenvalue weighted by Gasteiger charge is -1.85. The van der Waals surface area contributed by atoms with Crippen LogP contribution in [0.5, 0.6) is 0 Å². The first-order valence-corrected chi connectivity index (χ1v) is 3.63. The highest BCUT2D eigenvalue weighted by atomic mass is 35.5. The molecule has 3 nitrogen and oxygen atoms in total. The molecular weight excluding hydrogens is 176 g/mol. The molecule has 2 aromatic rings. The second-order valence-electron chi connectivity index (χ2n) is 2.26. The molecule has 0 aliphatic carbocycles. The van der Waals surface area contributed by atoms with Crippen LogP contribution in [0.1, 0.15) is 5.56 Å². The van der Waals surface area contributed by atoms with E-state index in [1.54, 1.807) is 18.2 Å². The smallest absolute Gasteiger partial charge is 0.293 e. The van der Waals surface area contributed by atoms with Gasteiger partial charge < -0.3 is 4.42 Å². The summed E-state index contributed by atoms with van der Waals surface area (Å²) in [4.78, 5) is 3.88. The Labute approximate surface area is 73.2 Å². The fourth-order valence-corrected chi connectivity index (χ4v) is 1.14. The highest BCUT2D eigenvalue weighted by molar-refractivity contribution is 6.28. The average Bonchev–Trinajstić information content (AvgIpc) is 2.43. The molecule has 0 aliphatic rings. The van der Waals surface area contributed by atoms with Gasteiger partial charge in [0.2, 0.25) is 0 Å². The van der Waals surface area contributed by atoms with E-state index in [1.807, 2.05) is 6.07 Å². The molecule has 2 rings (SSSR count). The number of hydrogen-bond acceptors (Lipinski definition) is 3. The molecule has 1 aromatic carbocycles. The van der Waals surface area contributed by atoms with Crippen molar-refractivity contribution >= 4 is 22.7 Å². The molecule has 12 heavy (non-hydrogen) atoms. The minimum Gasteiger partial charge on any atom is -0.428 e. The largest absolute Gasteiger partial charge is 0.428 e. The highest BCUT2D eigenvalue weighted by Crippen LogP contribution is 2.19. The lowest BCUT2D eigenvalue weighted by Crippen LogP contribution is -1.72. The van der Waals surface area contributed by atoms with Gasteiger partial charge in [-0.05, 0) is 23.7 Å². The minimum absolute atomic E-state index is 0.0973. The fraction of sp³-hybridized carbons (Fsp3) is 0. The van der Waals surface area contributed by atoms with Crippen molar-refractivity contribution < 1.29 is 4.42 Å². The Bertz CT molecular complexity index is 469. The van der Waals surface area contributed by atoms with Crippen molar-refractivity contribution in [3.63, 3.8) is 0 Å². The molecule has 0 radical (unpaired) electrons. The molecule has 1 aromatic heterocycles. The van der Waals surface area contributed by atoms with Crippen LogP contribution in [0.2, 0.25) is 5.35 Å². The maximum atomic E-state index is 8.56. The molecule has 0 bridgehead atoms. The summed E-state index contributed by atoms with van der Waals surface area (Å²) in [5.41, 5.74) is 1.74. The fourth-order valence-electron chi connectivity index (χ4n) is 0.966. The highest BCUT2D eigenvalue weighted by Gasteiger charge is 2.02. The van der Waals surface area contributed by atoms with Gasteiger partial charge in [0.25, 0.3) is 5.35 Å². The Kier molecular flexibility index (Phi) is 1.49. The van der Waals surface area contributed by atoms with Crippen molar-refractivity contribution in [3.8, 4) is 6.07 Å². The zero-order valence-corrected chi connectivity index (χ0v) is 6.67. The predicted molar refractivity (Wildman–Crippen MR) is 43.7 cm³/mol. The van der Waals surface area contributed by atoms with Gasteiger partial charge in [-0.15, -0.1) is 0 Å². The Morgan fingerprint density at radius 1 is 1.50 bits per heavy atom. The van der Waals surface area contributed by atoms with E-state index in [1.165, 1.54) is 0 Å². The van der Waals surface area contributed by atoms with Crippen molar-refractivity contribution in [2.24, 2.45) is 0 Å². The lowest BCUT2D eigenvalue weighted by atomic mass is 10.2. The number of rotatable bonds is 0. The van der Waals surface area contributed by atoms with Crippen LogP contribution in [0, 0.1) is 11.3 Å². The van der Waals surface area contributed by atoms with Gasteiger partial charge in [0.05, 0.1) is 11.6 Å². The predicted octanol–water partition coefficient (Wildman–Crippen LogP) is 2.35. The second kappa shape index (κ2) is 2.50. The van der Waals surface area contributed by atoms with E-state index in [0.717, 1.165) is 0 Å². The van der Waals surface area contributed by atoms with E-state index in [4.69, 9.17) is 21.3 Å². The number of fused-ring (bicyclic) bond motifs is 1. The topological polar surface area (TPSA) is 49.8 Å². The van der Waals surface area contributed by atoms with E-state index >= 15 is 0 Å². The van der Waals surface area contributed by atoms with Crippen molar-refractivity contribution in [1.82, 2.24) is 4.98 Å². The first-order valence-electron chi connectivity index (χ1n) is 3.26. The Hall–Kier alpha value is -1.53. The number of benzene rings is 1. The Balaban J connectivity index is 2.77. The van der Waals surface area contributed by atoms with E-state index in [9.17, 15) is 0 Å². The number of nitrogens with zero attached hydrogens (tertiary/aromatic N) is 2. The van der Waals surface area contributed by atoms with Crippen LogP contribution in [-0.2, 0) is 0 Å². The monoisotopic (exact) mass is 178 g/mol. The molecule has 58 valence electrons. The van der Waals surface area contributed by atoms with Gasteiger partial charge in [0, 0.05) is 6.07 Å². The maximum absolute atomic E-state index is 8.56. The number of hydrogen-bond donors (Lipinski definition) is 0. The van der Waals surface area contributed by atoms with Crippen molar-refractivity contribution in [2.45, 2.75) is 0 Å². The van der Waals surface area contributed by atoms with E-state index in [-0.39, 0.29) is 5.35 Å². The summed E-state index contributed by atoms with van der Waals surface area (Å²) >= 11 is 5.52. The zero-order chi connectivity index (χ0) is 8.55. The van der Waals surface area contributed by atoms with Crippen LogP contribution >= 0.6 is 11.6 Å². The molecule has 0 saturated carbocycles. The van der Waals surface area contributed by atoms with Crippen molar-refractivity contribution in [1.29, 1.82) is 5.26 Å². The summed E-state index contributed by atoms with van der Waals surface area (Å²) < 4.78 is 5.01. The third-order valence-corrected chi connectivity index (χ3v) is 1.65. The molecule has 0 unspecified atom stereocenters. The molecule has 1 heterocycles. The zero-order valence-electron chi connectivity index (χ0n) is 5.91. The van der Waals surface area contributed by atoms with E-state index in [2.05, 4.69) is 4.98 Å². The van der Waals surface area contributed by atoms with Gasteiger partial charge in [-0.25, -0.2) is 0 Å². The molecule has 4 heteroatoms. The summed E-state index contributed by atoms with van der Waals surface area (Å²) in [6.07, 6.45) is 0. The van der Waals surface area contributed by atoms with Crippen molar-refractivity contribution in [3.05, 3.63) is 29.1 Å². The normalized spacial score (nSPS) is 10.0. The van der Waals surface area contributed by atoms with Gasteiger partial charge in [0.1, 0.15) is 5.52 Å². The summed E-state index contributed by atoms with van der Waals surface area (Å²) in [5, 5.41) is 8.66. The molecule has 0 aliphatic heterocycles. The van der Waals surface area contributed by atoms with Gasteiger partial charge in [-0.3, -0.25) is 0 Å². The van der Waals surface area contributed by atoms with Crippen LogP contribution in [0.3, 0.4) is 0 Å². The molecule has 0 atom stereocenters. The maximum Gasteiger partial charge on any atom is 0.293 e. The first-order chi connectivity index (χ1) is 5.79. The molecule has 0 fully saturated rings. The number of oxazole rings is 1. The van der Waals surface area contributed by atoms with Crippen LogP contribution in [0.25, 0.3) is 11.1 Å². The molecule has 0 amide bonds. The summed E-state index contributed by atoms with van der Waals surface area (Å²) in [7, 11) is 0. The standard InChI is InChI=1S/C8H3ClN2O/c9-8-11-6-2-1-5(4-10)3-7(6)12-8/h1-3H. The van der Waals surface area contributed by atoms with Gasteiger partial charge >= 0.3 is 0 Å². The number of halogens is 1. The molecule has 0 spiro atoms. The lowest BCUT2D eigenvalue weighted by molar-refractivity contribution is 0.604. The molecular formula is C8H3ClN2O. The quantitative estimate of drug-likeness (QED) is 0.622. The molecule has 0 N–H and O–H groups in total. The van der Waals surface area contributed by atoms with Crippen LogP contribution in [-0.4, -0.2) is 4.98 Å². The van der Waals surface area contributed by atoms with E-state index in [0.29, 0.717) is 16.7 Å². The van der Waals surface area contributed by atoms with Crippen LogP contribution < -0.4 is 0 Å². The first kappa shape index (κ1) is 7.14. The SMILES string of the molecule is N#Cc1ccc2nc(Cl)oc2c1. The number of aromatic nitrogens is 1. The third kappa shape index (κ3) is 1.03. The van der Waals surface area contributed by atoms with Crippen LogP contribution in [0.15, 0.2) is 22.6 Å². The summed E-state index contributed by atoms with van der Waals surface area (Å²) in [5.74, 6) is 0. The Morgan fingerprint density at radius 3 is 3.08 bits per heavy atom. The summed E-state index contributed by atoms with van der Waals surface area (Å²) in [6.45, 7) is 0. The molecule has 0 saturated heterocycles. The average molecular weight is 179 g/mol. The van der Waals surface area contributed by atoms with Gasteiger partial charge in [-0.2, -0.15) is 10.2 Å².